The molecule has 3 aromatic rings. The standard InChI is InChI=1S/C21H21FN2OS/c1-15-12-13-26-19(15)14-24(2)20(16-6-4-3-5-7-16)21(25)23-18-10-8-17(22)9-11-18/h3-13,20H,14H2,1-2H3,(H,23,25)/t20-/m1/s1. The van der Waals surface area contributed by atoms with Gasteiger partial charge in [-0.15, -0.1) is 11.3 Å². The highest BCUT2D eigenvalue weighted by Crippen LogP contribution is 2.26. The lowest BCUT2D eigenvalue weighted by Gasteiger charge is -2.27. The lowest BCUT2D eigenvalue weighted by molar-refractivity contribution is -0.121. The first kappa shape index (κ1) is 18.3. The van der Waals surface area contributed by atoms with E-state index in [9.17, 15) is 9.18 Å². The second kappa shape index (κ2) is 8.25. The number of rotatable bonds is 6. The number of carbonyl (C=O) groups excluding carboxylic acids is 1. The SMILES string of the molecule is Cc1ccsc1CN(C)[C@@H](C(=O)Nc1ccc(F)cc1)c1ccccc1. The Morgan fingerprint density at radius 3 is 2.42 bits per heavy atom. The Kier molecular flexibility index (Phi) is 5.81. The highest BCUT2D eigenvalue weighted by molar-refractivity contribution is 7.10. The van der Waals surface area contributed by atoms with Crippen molar-refractivity contribution in [3.05, 3.63) is 87.9 Å². The highest BCUT2D eigenvalue weighted by atomic mass is 32.1. The van der Waals surface area contributed by atoms with E-state index in [1.54, 1.807) is 23.5 Å². The van der Waals surface area contributed by atoms with E-state index in [0.29, 0.717) is 12.2 Å². The zero-order valence-corrected chi connectivity index (χ0v) is 15.6. The summed E-state index contributed by atoms with van der Waals surface area (Å²) in [7, 11) is 1.95. The fourth-order valence-electron chi connectivity index (χ4n) is 2.87. The number of nitrogens with zero attached hydrogens (tertiary/aromatic N) is 1. The normalized spacial score (nSPS) is 12.2. The van der Waals surface area contributed by atoms with Crippen molar-refractivity contribution in [2.24, 2.45) is 0 Å². The van der Waals surface area contributed by atoms with Crippen LogP contribution in [-0.4, -0.2) is 17.9 Å². The molecule has 0 aliphatic rings. The van der Waals surface area contributed by atoms with Gasteiger partial charge in [-0.05, 0) is 60.8 Å². The molecule has 0 fully saturated rings. The topological polar surface area (TPSA) is 32.3 Å². The van der Waals surface area contributed by atoms with Gasteiger partial charge in [-0.3, -0.25) is 9.69 Å². The van der Waals surface area contributed by atoms with Gasteiger partial charge >= 0.3 is 0 Å². The predicted octanol–water partition coefficient (Wildman–Crippen LogP) is 5.01. The van der Waals surface area contributed by atoms with Crippen LogP contribution < -0.4 is 5.32 Å². The van der Waals surface area contributed by atoms with Crippen LogP contribution in [0.15, 0.2) is 66.0 Å². The third-order valence-corrected chi connectivity index (χ3v) is 5.29. The van der Waals surface area contributed by atoms with Crippen LogP contribution in [0.3, 0.4) is 0 Å². The molecule has 0 unspecified atom stereocenters. The van der Waals surface area contributed by atoms with Crippen LogP contribution in [0.4, 0.5) is 10.1 Å². The Hall–Kier alpha value is -2.50. The van der Waals surface area contributed by atoms with Gasteiger partial charge in [0.05, 0.1) is 0 Å². The maximum Gasteiger partial charge on any atom is 0.246 e. The van der Waals surface area contributed by atoms with E-state index in [2.05, 4.69) is 23.7 Å². The van der Waals surface area contributed by atoms with Gasteiger partial charge in [0.2, 0.25) is 5.91 Å². The molecule has 0 saturated carbocycles. The fourth-order valence-corrected chi connectivity index (χ4v) is 3.84. The maximum atomic E-state index is 13.1. The van der Waals surface area contributed by atoms with Gasteiger partial charge in [0.25, 0.3) is 0 Å². The third-order valence-electron chi connectivity index (χ3n) is 4.28. The molecule has 3 rings (SSSR count). The van der Waals surface area contributed by atoms with Gasteiger partial charge in [0.15, 0.2) is 0 Å². The lowest BCUT2D eigenvalue weighted by atomic mass is 10.0. The summed E-state index contributed by atoms with van der Waals surface area (Å²) in [6.07, 6.45) is 0. The second-order valence-electron chi connectivity index (χ2n) is 6.25. The Bertz CT molecular complexity index is 861. The van der Waals surface area contributed by atoms with Crippen molar-refractivity contribution in [2.75, 3.05) is 12.4 Å². The molecule has 5 heteroatoms. The summed E-state index contributed by atoms with van der Waals surface area (Å²) in [5, 5.41) is 4.96. The van der Waals surface area contributed by atoms with E-state index < -0.39 is 6.04 Å². The van der Waals surface area contributed by atoms with Crippen LogP contribution in [-0.2, 0) is 11.3 Å². The number of anilines is 1. The minimum Gasteiger partial charge on any atom is -0.324 e. The molecule has 1 heterocycles. The van der Waals surface area contributed by atoms with Gasteiger partial charge in [0.1, 0.15) is 11.9 Å². The molecule has 2 aromatic carbocycles. The second-order valence-corrected chi connectivity index (χ2v) is 7.25. The zero-order chi connectivity index (χ0) is 18.5. The van der Waals surface area contributed by atoms with Crippen LogP contribution in [0.2, 0.25) is 0 Å². The van der Waals surface area contributed by atoms with Gasteiger partial charge in [-0.25, -0.2) is 4.39 Å². The molecule has 0 saturated heterocycles. The molecule has 0 aliphatic heterocycles. The molecule has 134 valence electrons. The fraction of sp³-hybridized carbons (Fsp3) is 0.190. The summed E-state index contributed by atoms with van der Waals surface area (Å²) >= 11 is 1.69. The number of benzene rings is 2. The maximum absolute atomic E-state index is 13.1. The average molecular weight is 368 g/mol. The van der Waals surface area contributed by atoms with Gasteiger partial charge in [0, 0.05) is 17.1 Å². The molecule has 0 bridgehead atoms. The summed E-state index contributed by atoms with van der Waals surface area (Å²) in [6.45, 7) is 2.76. The third kappa shape index (κ3) is 4.36. The Balaban J connectivity index is 1.84. The number of halogens is 1. The highest BCUT2D eigenvalue weighted by Gasteiger charge is 2.26. The van der Waals surface area contributed by atoms with Crippen LogP contribution in [0.5, 0.6) is 0 Å². The number of amides is 1. The van der Waals surface area contributed by atoms with Crippen LogP contribution in [0.1, 0.15) is 22.0 Å². The van der Waals surface area contributed by atoms with E-state index in [-0.39, 0.29) is 11.7 Å². The summed E-state index contributed by atoms with van der Waals surface area (Å²) in [4.78, 5) is 16.3. The molecular weight excluding hydrogens is 347 g/mol. The molecular formula is C21H21FN2OS. The molecule has 1 aromatic heterocycles. The molecule has 0 radical (unpaired) electrons. The number of likely N-dealkylation sites (N-methyl/N-ethyl adjacent to an activating group) is 1. The molecule has 1 N–H and O–H groups in total. The minimum absolute atomic E-state index is 0.139. The summed E-state index contributed by atoms with van der Waals surface area (Å²) in [5.41, 5.74) is 2.73. The van der Waals surface area contributed by atoms with E-state index >= 15 is 0 Å². The first-order valence-electron chi connectivity index (χ1n) is 8.39. The quantitative estimate of drug-likeness (QED) is 0.663. The minimum atomic E-state index is -0.442. The van der Waals surface area contributed by atoms with Crippen molar-refractivity contribution in [3.63, 3.8) is 0 Å². The van der Waals surface area contributed by atoms with Gasteiger partial charge in [-0.2, -0.15) is 0 Å². The van der Waals surface area contributed by atoms with E-state index in [1.807, 2.05) is 42.3 Å². The van der Waals surface area contributed by atoms with E-state index in [4.69, 9.17) is 0 Å². The molecule has 26 heavy (non-hydrogen) atoms. The molecule has 1 atom stereocenters. The van der Waals surface area contributed by atoms with Crippen molar-refractivity contribution in [2.45, 2.75) is 19.5 Å². The van der Waals surface area contributed by atoms with Gasteiger partial charge < -0.3 is 5.32 Å². The number of nitrogens with one attached hydrogen (secondary N) is 1. The first-order chi connectivity index (χ1) is 12.5. The number of carbonyl (C=O) groups is 1. The Morgan fingerprint density at radius 2 is 1.81 bits per heavy atom. The monoisotopic (exact) mass is 368 g/mol. The number of hydrogen-bond acceptors (Lipinski definition) is 3. The van der Waals surface area contributed by atoms with Crippen LogP contribution in [0, 0.1) is 12.7 Å². The predicted molar refractivity (Wildman–Crippen MR) is 105 cm³/mol. The number of aryl methyl sites for hydroxylation is 1. The molecule has 1 amide bonds. The summed E-state index contributed by atoms with van der Waals surface area (Å²) in [5.74, 6) is -0.465. The zero-order valence-electron chi connectivity index (χ0n) is 14.8. The van der Waals surface area contributed by atoms with Crippen molar-refractivity contribution in [1.82, 2.24) is 4.90 Å². The van der Waals surface area contributed by atoms with Crippen molar-refractivity contribution in [1.29, 1.82) is 0 Å². The van der Waals surface area contributed by atoms with Gasteiger partial charge in [-0.1, -0.05) is 30.3 Å². The van der Waals surface area contributed by atoms with Crippen molar-refractivity contribution < 1.29 is 9.18 Å². The Labute approximate surface area is 157 Å². The summed E-state index contributed by atoms with van der Waals surface area (Å²) in [6, 6.07) is 17.2. The van der Waals surface area contributed by atoms with E-state index in [0.717, 1.165) is 5.56 Å². The van der Waals surface area contributed by atoms with Crippen LogP contribution >= 0.6 is 11.3 Å². The average Bonchev–Trinajstić information content (AvgIpc) is 3.03. The van der Waals surface area contributed by atoms with Crippen LogP contribution in [0.25, 0.3) is 0 Å². The van der Waals surface area contributed by atoms with Crippen molar-refractivity contribution in [3.8, 4) is 0 Å². The largest absolute Gasteiger partial charge is 0.324 e. The molecule has 3 nitrogen and oxygen atoms in total. The summed E-state index contributed by atoms with van der Waals surface area (Å²) < 4.78 is 13.1. The van der Waals surface area contributed by atoms with E-state index in [1.165, 1.54) is 22.6 Å². The smallest absolute Gasteiger partial charge is 0.246 e. The number of thiophene rings is 1. The first-order valence-corrected chi connectivity index (χ1v) is 9.27. The lowest BCUT2D eigenvalue weighted by Crippen LogP contribution is -2.34. The molecule has 0 aliphatic carbocycles. The van der Waals surface area contributed by atoms with Crippen molar-refractivity contribution >= 4 is 22.9 Å². The Morgan fingerprint density at radius 1 is 1.12 bits per heavy atom. The number of hydrogen-bond donors (Lipinski definition) is 1. The molecule has 0 spiro atoms.